The van der Waals surface area contributed by atoms with E-state index in [9.17, 15) is 9.59 Å². The van der Waals surface area contributed by atoms with E-state index in [1.807, 2.05) is 48.7 Å². The Morgan fingerprint density at radius 3 is 2.53 bits per heavy atom. The Bertz CT molecular complexity index is 1250. The lowest BCUT2D eigenvalue weighted by Crippen LogP contribution is -2.53. The summed E-state index contributed by atoms with van der Waals surface area (Å²) in [5.41, 5.74) is 0.776. The second kappa shape index (κ2) is 11.1. The summed E-state index contributed by atoms with van der Waals surface area (Å²) in [5.74, 6) is 1.95. The summed E-state index contributed by atoms with van der Waals surface area (Å²) < 4.78 is 22.9. The van der Waals surface area contributed by atoms with E-state index in [-0.39, 0.29) is 23.7 Å². The predicted octanol–water partition coefficient (Wildman–Crippen LogP) is 3.42. The molecule has 0 unspecified atom stereocenters. The van der Waals surface area contributed by atoms with Crippen molar-refractivity contribution in [1.82, 2.24) is 9.80 Å². The number of piperazine rings is 1. The highest BCUT2D eigenvalue weighted by atomic mass is 32.2. The highest BCUT2D eigenvalue weighted by molar-refractivity contribution is 7.98. The largest absolute Gasteiger partial charge is 0.485 e. The number of thioether (sulfide) groups is 1. The number of amides is 1. The summed E-state index contributed by atoms with van der Waals surface area (Å²) in [7, 11) is 0. The molecule has 9 heteroatoms. The van der Waals surface area contributed by atoms with Crippen molar-refractivity contribution in [1.29, 1.82) is 0 Å². The number of fused-ring (bicyclic) bond motifs is 1. The molecule has 5 rings (SSSR count). The Morgan fingerprint density at radius 2 is 1.81 bits per heavy atom. The Labute approximate surface area is 213 Å². The molecule has 0 bridgehead atoms. The van der Waals surface area contributed by atoms with Crippen LogP contribution in [-0.2, 0) is 17.9 Å². The van der Waals surface area contributed by atoms with Crippen LogP contribution >= 0.6 is 11.8 Å². The van der Waals surface area contributed by atoms with Gasteiger partial charge in [-0.05, 0) is 36.1 Å². The first-order chi connectivity index (χ1) is 17.6. The standard InChI is InChI=1S/C27H28N2O6S/c1-36-21-8-6-19(7-9-21)16-33-25-17-32-20(14-22(25)30)15-28-10-12-29(13-11-28)27(31)26-18-34-23-4-2-3-5-24(23)35-26/h2-9,14,17,26H,10-13,15-16,18H2,1H3/t26-/m0/s1. The molecule has 0 radical (unpaired) electrons. The highest BCUT2D eigenvalue weighted by Crippen LogP contribution is 2.31. The number of hydrogen-bond donors (Lipinski definition) is 0. The van der Waals surface area contributed by atoms with E-state index < -0.39 is 6.10 Å². The Kier molecular flexibility index (Phi) is 7.48. The van der Waals surface area contributed by atoms with Crippen LogP contribution in [0.25, 0.3) is 0 Å². The van der Waals surface area contributed by atoms with Crippen LogP contribution in [0.15, 0.2) is 75.0 Å². The molecule has 1 atom stereocenters. The summed E-state index contributed by atoms with van der Waals surface area (Å²) in [6.07, 6.45) is 2.77. The first-order valence-corrected chi connectivity index (χ1v) is 13.1. The second-order valence-electron chi connectivity index (χ2n) is 8.68. The number of carbonyl (C=O) groups excluding carboxylic acids is 1. The zero-order valence-corrected chi connectivity index (χ0v) is 20.9. The van der Waals surface area contributed by atoms with Crippen molar-refractivity contribution >= 4 is 17.7 Å². The number of hydrogen-bond acceptors (Lipinski definition) is 8. The molecular weight excluding hydrogens is 480 g/mol. The average molecular weight is 509 g/mol. The fourth-order valence-corrected chi connectivity index (χ4v) is 4.61. The van der Waals surface area contributed by atoms with Gasteiger partial charge in [-0.15, -0.1) is 11.8 Å². The molecular formula is C27H28N2O6S. The predicted molar refractivity (Wildman–Crippen MR) is 136 cm³/mol. The van der Waals surface area contributed by atoms with E-state index in [4.69, 9.17) is 18.6 Å². The lowest BCUT2D eigenvalue weighted by atomic mass is 10.2. The van der Waals surface area contributed by atoms with Gasteiger partial charge in [-0.2, -0.15) is 0 Å². The van der Waals surface area contributed by atoms with E-state index in [0.29, 0.717) is 56.6 Å². The van der Waals surface area contributed by atoms with Gasteiger partial charge in [0.05, 0.1) is 6.54 Å². The minimum absolute atomic E-state index is 0.0692. The van der Waals surface area contributed by atoms with E-state index in [0.717, 1.165) is 5.56 Å². The smallest absolute Gasteiger partial charge is 0.267 e. The molecule has 188 valence electrons. The van der Waals surface area contributed by atoms with Gasteiger partial charge in [0, 0.05) is 37.1 Å². The van der Waals surface area contributed by atoms with E-state index in [2.05, 4.69) is 4.90 Å². The number of carbonyl (C=O) groups is 1. The minimum atomic E-state index is -0.638. The molecule has 0 saturated carbocycles. The number of nitrogens with zero attached hydrogens (tertiary/aromatic N) is 2. The van der Waals surface area contributed by atoms with Crippen molar-refractivity contribution in [3.05, 3.63) is 82.4 Å². The van der Waals surface area contributed by atoms with Gasteiger partial charge in [0.2, 0.25) is 17.3 Å². The molecule has 1 saturated heterocycles. The second-order valence-corrected chi connectivity index (χ2v) is 9.56. The molecule has 0 spiro atoms. The van der Waals surface area contributed by atoms with Crippen molar-refractivity contribution in [2.24, 2.45) is 0 Å². The third-order valence-electron chi connectivity index (χ3n) is 6.25. The molecule has 1 amide bonds. The Balaban J connectivity index is 1.10. The molecule has 2 aromatic carbocycles. The molecule has 2 aliphatic rings. The first kappa shape index (κ1) is 24.3. The normalized spacial score (nSPS) is 17.6. The summed E-state index contributed by atoms with van der Waals surface area (Å²) in [5, 5.41) is 0. The zero-order chi connectivity index (χ0) is 24.9. The molecule has 8 nitrogen and oxygen atoms in total. The number of benzene rings is 2. The van der Waals surface area contributed by atoms with Gasteiger partial charge in [-0.3, -0.25) is 14.5 Å². The van der Waals surface area contributed by atoms with Crippen LogP contribution in [0.3, 0.4) is 0 Å². The van der Waals surface area contributed by atoms with E-state index in [1.165, 1.54) is 17.2 Å². The van der Waals surface area contributed by atoms with Gasteiger partial charge in [0.25, 0.3) is 5.91 Å². The average Bonchev–Trinajstić information content (AvgIpc) is 2.92. The molecule has 2 aliphatic heterocycles. The molecule has 3 aromatic rings. The number of para-hydroxylation sites is 2. The summed E-state index contributed by atoms with van der Waals surface area (Å²) in [6, 6.07) is 16.9. The quantitative estimate of drug-likeness (QED) is 0.449. The van der Waals surface area contributed by atoms with Gasteiger partial charge in [0.1, 0.15) is 25.2 Å². The van der Waals surface area contributed by atoms with Crippen LogP contribution in [0.5, 0.6) is 17.2 Å². The van der Waals surface area contributed by atoms with Crippen LogP contribution in [0.2, 0.25) is 0 Å². The fraction of sp³-hybridized carbons (Fsp3) is 0.333. The minimum Gasteiger partial charge on any atom is -0.485 e. The lowest BCUT2D eigenvalue weighted by Gasteiger charge is -2.36. The maximum atomic E-state index is 12.9. The maximum absolute atomic E-state index is 12.9. The molecule has 0 aliphatic carbocycles. The van der Waals surface area contributed by atoms with Crippen molar-refractivity contribution in [2.75, 3.05) is 39.0 Å². The van der Waals surface area contributed by atoms with Crippen molar-refractivity contribution in [2.45, 2.75) is 24.2 Å². The van der Waals surface area contributed by atoms with Crippen LogP contribution < -0.4 is 19.6 Å². The van der Waals surface area contributed by atoms with Gasteiger partial charge in [0.15, 0.2) is 11.5 Å². The number of rotatable bonds is 7. The lowest BCUT2D eigenvalue weighted by molar-refractivity contribution is -0.143. The monoisotopic (exact) mass is 508 g/mol. The van der Waals surface area contributed by atoms with Gasteiger partial charge < -0.3 is 23.5 Å². The van der Waals surface area contributed by atoms with Crippen molar-refractivity contribution in [3.8, 4) is 17.2 Å². The highest BCUT2D eigenvalue weighted by Gasteiger charge is 2.32. The van der Waals surface area contributed by atoms with Crippen molar-refractivity contribution in [3.63, 3.8) is 0 Å². The third-order valence-corrected chi connectivity index (χ3v) is 7.00. The van der Waals surface area contributed by atoms with E-state index in [1.54, 1.807) is 22.7 Å². The Hall–Kier alpha value is -3.43. The van der Waals surface area contributed by atoms with Crippen LogP contribution in [0.1, 0.15) is 11.3 Å². The van der Waals surface area contributed by atoms with Crippen LogP contribution in [-0.4, -0.2) is 60.9 Å². The molecule has 1 fully saturated rings. The fourth-order valence-electron chi connectivity index (χ4n) is 4.20. The van der Waals surface area contributed by atoms with Gasteiger partial charge >= 0.3 is 0 Å². The zero-order valence-electron chi connectivity index (χ0n) is 20.1. The molecule has 1 aromatic heterocycles. The van der Waals surface area contributed by atoms with Gasteiger partial charge in [-0.25, -0.2) is 0 Å². The van der Waals surface area contributed by atoms with Gasteiger partial charge in [-0.1, -0.05) is 24.3 Å². The molecule has 36 heavy (non-hydrogen) atoms. The summed E-state index contributed by atoms with van der Waals surface area (Å²) in [4.78, 5) is 30.6. The molecule has 3 heterocycles. The van der Waals surface area contributed by atoms with E-state index >= 15 is 0 Å². The SMILES string of the molecule is CSc1ccc(COc2coc(CN3CCN(C(=O)[C@@H]4COc5ccccc5O4)CC3)cc2=O)cc1. The summed E-state index contributed by atoms with van der Waals surface area (Å²) >= 11 is 1.68. The topological polar surface area (TPSA) is 81.5 Å². The van der Waals surface area contributed by atoms with Crippen LogP contribution in [0.4, 0.5) is 0 Å². The molecule has 0 N–H and O–H groups in total. The Morgan fingerprint density at radius 1 is 1.06 bits per heavy atom. The number of ether oxygens (including phenoxy) is 3. The van der Waals surface area contributed by atoms with Crippen LogP contribution in [0, 0.1) is 0 Å². The van der Waals surface area contributed by atoms with Crippen molar-refractivity contribution < 1.29 is 23.4 Å². The third kappa shape index (κ3) is 5.68. The first-order valence-electron chi connectivity index (χ1n) is 11.9. The summed E-state index contributed by atoms with van der Waals surface area (Å²) in [6.45, 7) is 3.48. The maximum Gasteiger partial charge on any atom is 0.267 e.